The number of likely N-dealkylation sites (tertiary alicyclic amines) is 1. The molecule has 1 aliphatic heterocycles. The number of esters is 1. The summed E-state index contributed by atoms with van der Waals surface area (Å²) in [5.41, 5.74) is 3.43. The minimum Gasteiger partial charge on any atom is -0.464 e. The Balaban J connectivity index is 1.61. The number of anilines is 1. The van der Waals surface area contributed by atoms with Gasteiger partial charge >= 0.3 is 12.0 Å². The summed E-state index contributed by atoms with van der Waals surface area (Å²) in [5, 5.41) is 23.4. The van der Waals surface area contributed by atoms with E-state index in [0.29, 0.717) is 35.8 Å². The molecule has 0 saturated carbocycles. The fourth-order valence-corrected chi connectivity index (χ4v) is 4.06. The summed E-state index contributed by atoms with van der Waals surface area (Å²) in [6.07, 6.45) is 1.65. The van der Waals surface area contributed by atoms with Crippen LogP contribution in [0.25, 0.3) is 0 Å². The highest BCUT2D eigenvalue weighted by atomic mass is 16.5. The van der Waals surface area contributed by atoms with E-state index >= 15 is 0 Å². The topological polar surface area (TPSA) is 132 Å². The summed E-state index contributed by atoms with van der Waals surface area (Å²) in [4.78, 5) is 39.1. The Labute approximate surface area is 204 Å². The Morgan fingerprint density at radius 2 is 1.86 bits per heavy atom. The van der Waals surface area contributed by atoms with Gasteiger partial charge in [0.05, 0.1) is 24.8 Å². The number of aliphatic hydroxyl groups is 1. The standard InChI is InChI=1S/C26H30N4O5/c1-3-35-25(33)23(16-31)29-26(34)28-22-14-21(7-4-17(22)2)24(32)30-12-10-20(11-13-30)19-8-5-18(15-27)6-9-19/h4-9,14,20,23,31H,3,10-13,16H2,1-2H3,(H2,28,29,34)/t23-/m0/s1. The molecule has 0 radical (unpaired) electrons. The quantitative estimate of drug-likeness (QED) is 0.524. The second-order valence-electron chi connectivity index (χ2n) is 8.42. The number of benzene rings is 2. The average Bonchev–Trinajstić information content (AvgIpc) is 2.88. The number of rotatable bonds is 7. The van der Waals surface area contributed by atoms with Crippen molar-refractivity contribution in [2.75, 3.05) is 31.6 Å². The molecule has 0 bridgehead atoms. The van der Waals surface area contributed by atoms with E-state index in [-0.39, 0.29) is 12.5 Å². The molecule has 3 amide bonds. The Morgan fingerprint density at radius 1 is 1.17 bits per heavy atom. The molecule has 1 saturated heterocycles. The molecule has 3 rings (SSSR count). The zero-order valence-corrected chi connectivity index (χ0v) is 19.9. The van der Waals surface area contributed by atoms with Crippen LogP contribution < -0.4 is 10.6 Å². The SMILES string of the molecule is CCOC(=O)[C@H](CO)NC(=O)Nc1cc(C(=O)N2CCC(c3ccc(C#N)cc3)CC2)ccc1C. The first-order valence-corrected chi connectivity index (χ1v) is 11.6. The number of nitriles is 1. The number of nitrogens with zero attached hydrogens (tertiary/aromatic N) is 2. The number of carbonyl (C=O) groups is 3. The lowest BCUT2D eigenvalue weighted by Gasteiger charge is -2.32. The molecule has 0 spiro atoms. The van der Waals surface area contributed by atoms with Gasteiger partial charge in [-0.3, -0.25) is 4.79 Å². The van der Waals surface area contributed by atoms with Crippen LogP contribution >= 0.6 is 0 Å². The van der Waals surface area contributed by atoms with Gasteiger partial charge in [-0.25, -0.2) is 9.59 Å². The van der Waals surface area contributed by atoms with Crippen LogP contribution in [0.4, 0.5) is 10.5 Å². The van der Waals surface area contributed by atoms with Crippen LogP contribution in [0.2, 0.25) is 0 Å². The van der Waals surface area contributed by atoms with Crippen molar-refractivity contribution in [3.05, 3.63) is 64.7 Å². The van der Waals surface area contributed by atoms with Crippen molar-refractivity contribution in [3.8, 4) is 6.07 Å². The van der Waals surface area contributed by atoms with Crippen molar-refractivity contribution in [1.29, 1.82) is 5.26 Å². The van der Waals surface area contributed by atoms with Crippen LogP contribution in [0.1, 0.15) is 52.7 Å². The molecule has 1 heterocycles. The molecular formula is C26H30N4O5. The summed E-state index contributed by atoms with van der Waals surface area (Å²) in [6.45, 7) is 4.18. The molecule has 3 N–H and O–H groups in total. The van der Waals surface area contributed by atoms with Crippen LogP contribution in [-0.4, -0.2) is 60.3 Å². The zero-order chi connectivity index (χ0) is 25.4. The lowest BCUT2D eigenvalue weighted by molar-refractivity contribution is -0.146. The third kappa shape index (κ3) is 6.58. The van der Waals surface area contributed by atoms with E-state index < -0.39 is 24.6 Å². The monoisotopic (exact) mass is 478 g/mol. The maximum Gasteiger partial charge on any atom is 0.331 e. The summed E-state index contributed by atoms with van der Waals surface area (Å²) in [7, 11) is 0. The highest BCUT2D eigenvalue weighted by molar-refractivity contribution is 5.98. The van der Waals surface area contributed by atoms with Crippen molar-refractivity contribution < 1.29 is 24.2 Å². The van der Waals surface area contributed by atoms with Crippen LogP contribution in [0.3, 0.4) is 0 Å². The fraction of sp³-hybridized carbons (Fsp3) is 0.385. The molecule has 1 atom stereocenters. The van der Waals surface area contributed by atoms with Crippen LogP contribution in [-0.2, 0) is 9.53 Å². The summed E-state index contributed by atoms with van der Waals surface area (Å²) in [6, 6.07) is 12.9. The fourth-order valence-electron chi connectivity index (χ4n) is 4.06. The lowest BCUT2D eigenvalue weighted by Crippen LogP contribution is -2.46. The molecule has 9 nitrogen and oxygen atoms in total. The number of ether oxygens (including phenoxy) is 1. The van der Waals surface area contributed by atoms with Gasteiger partial charge in [0, 0.05) is 24.3 Å². The molecular weight excluding hydrogens is 448 g/mol. The number of hydrogen-bond donors (Lipinski definition) is 3. The maximum absolute atomic E-state index is 13.1. The molecule has 1 aliphatic rings. The minimum absolute atomic E-state index is 0.119. The molecule has 35 heavy (non-hydrogen) atoms. The summed E-state index contributed by atoms with van der Waals surface area (Å²) in [5.74, 6) is -0.508. The zero-order valence-electron chi connectivity index (χ0n) is 19.9. The van der Waals surface area contributed by atoms with Gasteiger partial charge in [-0.15, -0.1) is 0 Å². The molecule has 0 aliphatic carbocycles. The first kappa shape index (κ1) is 25.7. The van der Waals surface area contributed by atoms with Gasteiger partial charge in [0.1, 0.15) is 0 Å². The van der Waals surface area contributed by atoms with Crippen molar-refractivity contribution in [3.63, 3.8) is 0 Å². The molecule has 0 aromatic heterocycles. The largest absolute Gasteiger partial charge is 0.464 e. The lowest BCUT2D eigenvalue weighted by atomic mass is 9.89. The third-order valence-corrected chi connectivity index (χ3v) is 6.09. The van der Waals surface area contributed by atoms with Crippen molar-refractivity contribution >= 4 is 23.6 Å². The molecule has 0 unspecified atom stereocenters. The second kappa shape index (κ2) is 12.0. The Kier molecular flexibility index (Phi) is 8.81. The Hall–Kier alpha value is -3.90. The van der Waals surface area contributed by atoms with Crippen LogP contribution in [0.15, 0.2) is 42.5 Å². The third-order valence-electron chi connectivity index (χ3n) is 6.09. The van der Waals surface area contributed by atoms with Crippen molar-refractivity contribution in [2.24, 2.45) is 0 Å². The van der Waals surface area contributed by atoms with Gasteiger partial charge in [-0.2, -0.15) is 5.26 Å². The summed E-state index contributed by atoms with van der Waals surface area (Å²) >= 11 is 0. The van der Waals surface area contributed by atoms with E-state index in [1.165, 1.54) is 5.56 Å². The number of hydrogen-bond acceptors (Lipinski definition) is 6. The first-order valence-electron chi connectivity index (χ1n) is 11.6. The Morgan fingerprint density at radius 3 is 2.46 bits per heavy atom. The number of aryl methyl sites for hydroxylation is 1. The highest BCUT2D eigenvalue weighted by Gasteiger charge is 2.25. The number of carbonyl (C=O) groups excluding carboxylic acids is 3. The van der Waals surface area contributed by atoms with Gasteiger partial charge in [0.25, 0.3) is 5.91 Å². The second-order valence-corrected chi connectivity index (χ2v) is 8.42. The van der Waals surface area contributed by atoms with Gasteiger partial charge in [0.2, 0.25) is 0 Å². The smallest absolute Gasteiger partial charge is 0.331 e. The summed E-state index contributed by atoms with van der Waals surface area (Å²) < 4.78 is 4.83. The Bertz CT molecular complexity index is 1100. The van der Waals surface area contributed by atoms with E-state index in [1.807, 2.05) is 24.3 Å². The van der Waals surface area contributed by atoms with Gasteiger partial charge in [-0.1, -0.05) is 18.2 Å². The molecule has 2 aromatic rings. The maximum atomic E-state index is 13.1. The van der Waals surface area contributed by atoms with E-state index in [4.69, 9.17) is 10.00 Å². The van der Waals surface area contributed by atoms with Crippen LogP contribution in [0.5, 0.6) is 0 Å². The molecule has 184 valence electrons. The van der Waals surface area contributed by atoms with Crippen molar-refractivity contribution in [1.82, 2.24) is 10.2 Å². The van der Waals surface area contributed by atoms with Gasteiger partial charge in [0.15, 0.2) is 6.04 Å². The van der Waals surface area contributed by atoms with E-state index in [2.05, 4.69) is 16.7 Å². The van der Waals surface area contributed by atoms with Gasteiger partial charge < -0.3 is 25.4 Å². The van der Waals surface area contributed by atoms with Crippen molar-refractivity contribution in [2.45, 2.75) is 38.6 Å². The molecule has 2 aromatic carbocycles. The highest BCUT2D eigenvalue weighted by Crippen LogP contribution is 2.29. The normalized spacial score (nSPS) is 14.5. The molecule has 1 fully saturated rings. The number of piperidine rings is 1. The first-order chi connectivity index (χ1) is 16.9. The average molecular weight is 479 g/mol. The number of amides is 3. The predicted molar refractivity (Wildman–Crippen MR) is 130 cm³/mol. The predicted octanol–water partition coefficient (Wildman–Crippen LogP) is 2.93. The van der Waals surface area contributed by atoms with Gasteiger partial charge in [-0.05, 0) is 68.0 Å². The number of nitrogens with one attached hydrogen (secondary N) is 2. The van der Waals surface area contributed by atoms with Crippen LogP contribution in [0, 0.1) is 18.3 Å². The number of urea groups is 1. The number of aliphatic hydroxyl groups excluding tert-OH is 1. The van der Waals surface area contributed by atoms with E-state index in [1.54, 1.807) is 36.9 Å². The van der Waals surface area contributed by atoms with E-state index in [0.717, 1.165) is 18.4 Å². The van der Waals surface area contributed by atoms with E-state index in [9.17, 15) is 19.5 Å². The molecule has 9 heteroatoms. The minimum atomic E-state index is -1.18.